The van der Waals surface area contributed by atoms with Gasteiger partial charge in [0.25, 0.3) is 0 Å². The van der Waals surface area contributed by atoms with E-state index in [9.17, 15) is 9.59 Å². The molecule has 0 unspecified atom stereocenters. The summed E-state index contributed by atoms with van der Waals surface area (Å²) in [5, 5.41) is 0. The first-order valence-corrected chi connectivity index (χ1v) is 9.24. The zero-order valence-corrected chi connectivity index (χ0v) is 18.1. The molecule has 0 aliphatic carbocycles. The highest BCUT2D eigenvalue weighted by atomic mass is 79.9. The van der Waals surface area contributed by atoms with Crippen molar-refractivity contribution in [2.45, 2.75) is 0 Å². The molecular weight excluding hydrogens is 444 g/mol. The molecule has 0 atom stereocenters. The Morgan fingerprint density at radius 1 is 0.862 bits per heavy atom. The van der Waals surface area contributed by atoms with Crippen molar-refractivity contribution in [3.63, 3.8) is 0 Å². The number of Topliss-reactive ketones (excluding diaryl/α,β-unsaturated/α-hetero) is 1. The summed E-state index contributed by atoms with van der Waals surface area (Å²) in [5.41, 5.74) is 0.989. The first-order valence-electron chi connectivity index (χ1n) is 8.45. The van der Waals surface area contributed by atoms with Crippen LogP contribution in [-0.4, -0.2) is 46.8 Å². The van der Waals surface area contributed by atoms with Gasteiger partial charge in [0, 0.05) is 23.3 Å². The molecule has 0 amide bonds. The Hall–Kier alpha value is -3.00. The summed E-state index contributed by atoms with van der Waals surface area (Å²) in [7, 11) is 6.06. The van der Waals surface area contributed by atoms with E-state index in [2.05, 4.69) is 15.9 Å². The molecule has 7 nitrogen and oxygen atoms in total. The first kappa shape index (κ1) is 22.3. The van der Waals surface area contributed by atoms with Crippen LogP contribution in [-0.2, 0) is 9.53 Å². The Labute approximate surface area is 177 Å². The minimum absolute atomic E-state index is 0.334. The van der Waals surface area contributed by atoms with Crippen molar-refractivity contribution >= 4 is 33.8 Å². The summed E-state index contributed by atoms with van der Waals surface area (Å²) < 4.78 is 26.6. The lowest BCUT2D eigenvalue weighted by Crippen LogP contribution is -2.12. The molecule has 2 aromatic rings. The van der Waals surface area contributed by atoms with Crippen molar-refractivity contribution in [1.29, 1.82) is 0 Å². The van der Waals surface area contributed by atoms with Crippen molar-refractivity contribution in [2.24, 2.45) is 0 Å². The van der Waals surface area contributed by atoms with E-state index in [1.807, 2.05) is 0 Å². The minimum Gasteiger partial charge on any atom is -0.496 e. The lowest BCUT2D eigenvalue weighted by Gasteiger charge is -2.12. The number of carbonyl (C=O) groups excluding carboxylic acids is 2. The number of ether oxygens (including phenoxy) is 5. The third-order valence-electron chi connectivity index (χ3n) is 3.95. The normalized spacial score (nSPS) is 10.5. The highest BCUT2D eigenvalue weighted by Crippen LogP contribution is 2.35. The third kappa shape index (κ3) is 5.74. The zero-order valence-electron chi connectivity index (χ0n) is 16.5. The fourth-order valence-electron chi connectivity index (χ4n) is 2.45. The first-order chi connectivity index (χ1) is 13.9. The number of benzene rings is 2. The number of ketones is 1. The fourth-order valence-corrected chi connectivity index (χ4v) is 2.99. The van der Waals surface area contributed by atoms with Gasteiger partial charge in [-0.2, -0.15) is 0 Å². The Kier molecular flexibility index (Phi) is 8.09. The average molecular weight is 465 g/mol. The van der Waals surface area contributed by atoms with Crippen LogP contribution in [0.5, 0.6) is 23.0 Å². The molecule has 0 N–H and O–H groups in total. The highest BCUT2D eigenvalue weighted by molar-refractivity contribution is 9.10. The van der Waals surface area contributed by atoms with Gasteiger partial charge in [-0.05, 0) is 46.3 Å². The number of rotatable bonds is 9. The molecular formula is C21H21BrO7. The van der Waals surface area contributed by atoms with Gasteiger partial charge in [-0.25, -0.2) is 4.79 Å². The van der Waals surface area contributed by atoms with Crippen LogP contribution in [0, 0.1) is 0 Å². The molecule has 2 aromatic carbocycles. The fraction of sp³-hybridized carbons (Fsp3) is 0.238. The van der Waals surface area contributed by atoms with E-state index in [4.69, 9.17) is 23.7 Å². The van der Waals surface area contributed by atoms with E-state index in [1.54, 1.807) is 30.3 Å². The number of hydrogen-bond donors (Lipinski definition) is 0. The van der Waals surface area contributed by atoms with E-state index in [0.29, 0.717) is 38.6 Å². The van der Waals surface area contributed by atoms with E-state index >= 15 is 0 Å². The van der Waals surface area contributed by atoms with Gasteiger partial charge in [-0.15, -0.1) is 0 Å². The van der Waals surface area contributed by atoms with Crippen molar-refractivity contribution in [3.8, 4) is 23.0 Å². The van der Waals surface area contributed by atoms with Gasteiger partial charge in [0.1, 0.15) is 11.5 Å². The quantitative estimate of drug-likeness (QED) is 0.316. The Balaban J connectivity index is 2.04. The molecule has 0 aromatic heterocycles. The van der Waals surface area contributed by atoms with Crippen LogP contribution < -0.4 is 18.9 Å². The Morgan fingerprint density at radius 3 is 2.07 bits per heavy atom. The lowest BCUT2D eigenvalue weighted by atomic mass is 10.1. The highest BCUT2D eigenvalue weighted by Gasteiger charge is 2.13. The smallest absolute Gasteiger partial charge is 0.331 e. The SMILES string of the molecule is COc1ccc(C(=O)COC(=O)/C=C/c2cc(OC)c(OC)cc2OC)cc1Br. The molecule has 0 saturated carbocycles. The summed E-state index contributed by atoms with van der Waals surface area (Å²) in [6.45, 7) is -0.384. The third-order valence-corrected chi connectivity index (χ3v) is 4.57. The lowest BCUT2D eigenvalue weighted by molar-refractivity contribution is -0.136. The van der Waals surface area contributed by atoms with Crippen molar-refractivity contribution < 1.29 is 33.3 Å². The summed E-state index contributed by atoms with van der Waals surface area (Å²) in [4.78, 5) is 24.2. The second kappa shape index (κ2) is 10.5. The predicted molar refractivity (Wildman–Crippen MR) is 111 cm³/mol. The van der Waals surface area contributed by atoms with E-state index in [1.165, 1.54) is 40.6 Å². The zero-order chi connectivity index (χ0) is 21.4. The molecule has 2 rings (SSSR count). The van der Waals surface area contributed by atoms with Gasteiger partial charge in [0.15, 0.2) is 23.9 Å². The molecule has 29 heavy (non-hydrogen) atoms. The maximum Gasteiger partial charge on any atom is 0.331 e. The monoisotopic (exact) mass is 464 g/mol. The van der Waals surface area contributed by atoms with Gasteiger partial charge in [0.05, 0.1) is 32.9 Å². The number of carbonyl (C=O) groups is 2. The average Bonchev–Trinajstić information content (AvgIpc) is 2.74. The minimum atomic E-state index is -0.664. The second-order valence-corrected chi connectivity index (χ2v) is 6.52. The molecule has 0 radical (unpaired) electrons. The second-order valence-electron chi connectivity index (χ2n) is 5.66. The summed E-state index contributed by atoms with van der Waals surface area (Å²) in [6.07, 6.45) is 2.72. The maximum absolute atomic E-state index is 12.2. The summed E-state index contributed by atoms with van der Waals surface area (Å²) in [5.74, 6) is 1.08. The van der Waals surface area contributed by atoms with Crippen molar-refractivity contribution in [2.75, 3.05) is 35.0 Å². The standard InChI is InChI=1S/C21H21BrO7/c1-25-17-7-5-13(9-15(17)22)16(23)12-29-21(24)8-6-14-10-19(27-3)20(28-4)11-18(14)26-2/h5-11H,12H2,1-4H3/b8-6+. The molecule has 0 aliphatic heterocycles. The molecule has 0 saturated heterocycles. The van der Waals surface area contributed by atoms with Crippen LogP contribution in [0.15, 0.2) is 40.9 Å². The van der Waals surface area contributed by atoms with E-state index in [-0.39, 0.29) is 12.4 Å². The van der Waals surface area contributed by atoms with Crippen LogP contribution >= 0.6 is 15.9 Å². The largest absolute Gasteiger partial charge is 0.496 e. The number of methoxy groups -OCH3 is 4. The Bertz CT molecular complexity index is 921. The van der Waals surface area contributed by atoms with Crippen molar-refractivity contribution in [3.05, 3.63) is 52.0 Å². The maximum atomic E-state index is 12.2. The van der Waals surface area contributed by atoms with Gasteiger partial charge >= 0.3 is 5.97 Å². The van der Waals surface area contributed by atoms with E-state index < -0.39 is 5.97 Å². The van der Waals surface area contributed by atoms with Crippen LogP contribution in [0.4, 0.5) is 0 Å². The molecule has 0 fully saturated rings. The van der Waals surface area contributed by atoms with Crippen LogP contribution in [0.25, 0.3) is 6.08 Å². The van der Waals surface area contributed by atoms with E-state index in [0.717, 1.165) is 0 Å². The predicted octanol–water partition coefficient (Wildman–Crippen LogP) is 3.92. The number of hydrogen-bond acceptors (Lipinski definition) is 7. The molecule has 154 valence electrons. The molecule has 0 bridgehead atoms. The topological polar surface area (TPSA) is 80.3 Å². The Morgan fingerprint density at radius 2 is 1.48 bits per heavy atom. The molecule has 0 heterocycles. The molecule has 0 spiro atoms. The van der Waals surface area contributed by atoms with Crippen LogP contribution in [0.2, 0.25) is 0 Å². The van der Waals surface area contributed by atoms with Gasteiger partial charge < -0.3 is 23.7 Å². The van der Waals surface area contributed by atoms with Gasteiger partial charge in [0.2, 0.25) is 0 Å². The van der Waals surface area contributed by atoms with Crippen LogP contribution in [0.1, 0.15) is 15.9 Å². The summed E-state index contributed by atoms with van der Waals surface area (Å²) in [6, 6.07) is 8.18. The number of esters is 1. The molecule has 0 aliphatic rings. The van der Waals surface area contributed by atoms with Crippen molar-refractivity contribution in [1.82, 2.24) is 0 Å². The van der Waals surface area contributed by atoms with Gasteiger partial charge in [-0.3, -0.25) is 4.79 Å². The number of halogens is 1. The van der Waals surface area contributed by atoms with Gasteiger partial charge in [-0.1, -0.05) is 0 Å². The molecule has 8 heteroatoms. The summed E-state index contributed by atoms with van der Waals surface area (Å²) >= 11 is 3.31. The van der Waals surface area contributed by atoms with Crippen LogP contribution in [0.3, 0.4) is 0 Å².